The van der Waals surface area contributed by atoms with Crippen LogP contribution in [-0.2, 0) is 13.2 Å². The maximum absolute atomic E-state index is 12.2. The highest BCUT2D eigenvalue weighted by Gasteiger charge is 2.11. The van der Waals surface area contributed by atoms with Crippen LogP contribution in [0.4, 0.5) is 0 Å². The molecule has 1 amide bonds. The summed E-state index contributed by atoms with van der Waals surface area (Å²) < 4.78 is 11.0. The Hall–Kier alpha value is -2.86. The first-order valence-electron chi connectivity index (χ1n) is 7.78. The monoisotopic (exact) mass is 354 g/mol. The van der Waals surface area contributed by atoms with Crippen molar-refractivity contribution >= 4 is 17.2 Å². The molecule has 0 aliphatic heterocycles. The van der Waals surface area contributed by atoms with E-state index in [1.807, 2.05) is 54.6 Å². The molecule has 1 heterocycles. The van der Waals surface area contributed by atoms with Gasteiger partial charge in [-0.15, -0.1) is 11.3 Å². The van der Waals surface area contributed by atoms with Gasteiger partial charge in [0.05, 0.1) is 7.11 Å². The van der Waals surface area contributed by atoms with Crippen LogP contribution in [0.2, 0.25) is 0 Å². The molecule has 1 N–H and O–H groups in total. The lowest BCUT2D eigenvalue weighted by Crippen LogP contribution is -2.23. The fourth-order valence-corrected chi connectivity index (χ4v) is 2.91. The van der Waals surface area contributed by atoms with Crippen molar-refractivity contribution in [3.63, 3.8) is 0 Å². The Labute approximate surface area is 150 Å². The van der Waals surface area contributed by atoms with Gasteiger partial charge in [0.25, 0.3) is 5.91 Å². The Morgan fingerprint density at radius 3 is 2.56 bits per heavy atom. The van der Waals surface area contributed by atoms with E-state index >= 15 is 0 Å². The second-order valence-corrected chi connectivity index (χ2v) is 6.18. The van der Waals surface area contributed by atoms with Gasteiger partial charge in [0.15, 0.2) is 11.5 Å². The maximum atomic E-state index is 12.2. The van der Waals surface area contributed by atoms with E-state index in [2.05, 4.69) is 10.3 Å². The Bertz CT molecular complexity index is 833. The summed E-state index contributed by atoms with van der Waals surface area (Å²) in [5.74, 6) is 1.12. The number of nitrogens with one attached hydrogen (secondary N) is 1. The van der Waals surface area contributed by atoms with Crippen LogP contribution in [0.15, 0.2) is 60.0 Å². The normalized spacial score (nSPS) is 10.3. The first kappa shape index (κ1) is 17.0. The van der Waals surface area contributed by atoms with Crippen molar-refractivity contribution in [2.75, 3.05) is 7.11 Å². The number of nitrogens with zero attached hydrogens (tertiary/aromatic N) is 1. The molecule has 0 spiro atoms. The van der Waals surface area contributed by atoms with Gasteiger partial charge in [-0.1, -0.05) is 42.5 Å². The molecule has 3 rings (SSSR count). The van der Waals surface area contributed by atoms with Crippen molar-refractivity contribution in [1.82, 2.24) is 10.3 Å². The van der Waals surface area contributed by atoms with E-state index in [1.54, 1.807) is 12.5 Å². The third-order valence-corrected chi connectivity index (χ3v) is 4.32. The predicted molar refractivity (Wildman–Crippen MR) is 97.1 cm³/mol. The number of amides is 1. The number of para-hydroxylation sites is 2. The van der Waals surface area contributed by atoms with E-state index in [1.165, 1.54) is 11.3 Å². The zero-order chi connectivity index (χ0) is 17.5. The van der Waals surface area contributed by atoms with E-state index in [4.69, 9.17) is 9.47 Å². The van der Waals surface area contributed by atoms with Gasteiger partial charge >= 0.3 is 0 Å². The van der Waals surface area contributed by atoms with Crippen molar-refractivity contribution < 1.29 is 14.3 Å². The molecular weight excluding hydrogens is 336 g/mol. The molecule has 3 aromatic rings. The number of methoxy groups -OCH3 is 1. The molecule has 0 bridgehead atoms. The molecule has 5 nitrogen and oxygen atoms in total. The third-order valence-electron chi connectivity index (χ3n) is 3.50. The molecule has 0 saturated heterocycles. The highest BCUT2D eigenvalue weighted by Crippen LogP contribution is 2.27. The Kier molecular flexibility index (Phi) is 5.64. The molecule has 128 valence electrons. The van der Waals surface area contributed by atoms with Crippen molar-refractivity contribution in [3.05, 3.63) is 76.2 Å². The summed E-state index contributed by atoms with van der Waals surface area (Å²) in [6, 6.07) is 17.2. The van der Waals surface area contributed by atoms with Crippen LogP contribution in [-0.4, -0.2) is 18.0 Å². The summed E-state index contributed by atoms with van der Waals surface area (Å²) >= 11 is 1.39. The average Bonchev–Trinajstić information content (AvgIpc) is 3.14. The smallest absolute Gasteiger partial charge is 0.271 e. The summed E-state index contributed by atoms with van der Waals surface area (Å²) in [5.41, 5.74) is 1.45. The minimum atomic E-state index is -0.191. The van der Waals surface area contributed by atoms with Crippen molar-refractivity contribution in [3.8, 4) is 11.5 Å². The van der Waals surface area contributed by atoms with E-state index < -0.39 is 0 Å². The van der Waals surface area contributed by atoms with Gasteiger partial charge in [0, 0.05) is 11.9 Å². The van der Waals surface area contributed by atoms with Crippen LogP contribution in [0, 0.1) is 0 Å². The van der Waals surface area contributed by atoms with E-state index in [0.717, 1.165) is 10.6 Å². The topological polar surface area (TPSA) is 60.5 Å². The molecular formula is C19H18N2O3S. The van der Waals surface area contributed by atoms with Gasteiger partial charge in [-0.25, -0.2) is 4.98 Å². The molecule has 2 aromatic carbocycles. The zero-order valence-corrected chi connectivity index (χ0v) is 14.6. The fraction of sp³-hybridized carbons (Fsp3) is 0.158. The van der Waals surface area contributed by atoms with Crippen molar-refractivity contribution in [2.24, 2.45) is 0 Å². The molecule has 0 fully saturated rings. The van der Waals surface area contributed by atoms with Crippen LogP contribution in [0.25, 0.3) is 0 Å². The van der Waals surface area contributed by atoms with Gasteiger partial charge < -0.3 is 14.8 Å². The Morgan fingerprint density at radius 1 is 1.08 bits per heavy atom. The molecule has 0 radical (unpaired) electrons. The van der Waals surface area contributed by atoms with Crippen LogP contribution < -0.4 is 14.8 Å². The molecule has 1 aromatic heterocycles. The number of carbonyl (C=O) groups excluding carboxylic acids is 1. The highest BCUT2D eigenvalue weighted by atomic mass is 32.1. The lowest BCUT2D eigenvalue weighted by atomic mass is 10.2. The highest BCUT2D eigenvalue weighted by molar-refractivity contribution is 7.09. The standard InChI is InChI=1S/C19H18N2O3S/c1-23-16-9-5-6-10-17(16)24-12-18-21-15(13-25-18)19(22)20-11-14-7-3-2-4-8-14/h2-10,13H,11-12H2,1H3,(H,20,22). The van der Waals surface area contributed by atoms with E-state index in [-0.39, 0.29) is 12.5 Å². The summed E-state index contributed by atoms with van der Waals surface area (Å²) in [6.07, 6.45) is 0. The largest absolute Gasteiger partial charge is 0.493 e. The van der Waals surface area contributed by atoms with E-state index in [9.17, 15) is 4.79 Å². The summed E-state index contributed by atoms with van der Waals surface area (Å²) in [6.45, 7) is 0.765. The Morgan fingerprint density at radius 2 is 1.80 bits per heavy atom. The summed E-state index contributed by atoms with van der Waals surface area (Å²) in [4.78, 5) is 16.5. The minimum absolute atomic E-state index is 0.191. The Balaban J connectivity index is 1.55. The second-order valence-electron chi connectivity index (χ2n) is 5.23. The molecule has 0 unspecified atom stereocenters. The minimum Gasteiger partial charge on any atom is -0.493 e. The third kappa shape index (κ3) is 4.58. The van der Waals surface area contributed by atoms with Crippen LogP contribution in [0.1, 0.15) is 21.1 Å². The lowest BCUT2D eigenvalue weighted by Gasteiger charge is -2.08. The van der Waals surface area contributed by atoms with Crippen LogP contribution in [0.3, 0.4) is 0 Å². The number of hydrogen-bond acceptors (Lipinski definition) is 5. The quantitative estimate of drug-likeness (QED) is 0.703. The van der Waals surface area contributed by atoms with Crippen LogP contribution >= 0.6 is 11.3 Å². The SMILES string of the molecule is COc1ccccc1OCc1nc(C(=O)NCc2ccccc2)cs1. The van der Waals surface area contributed by atoms with Crippen LogP contribution in [0.5, 0.6) is 11.5 Å². The number of hydrogen-bond donors (Lipinski definition) is 1. The summed E-state index contributed by atoms with van der Waals surface area (Å²) in [5, 5.41) is 5.33. The molecule has 6 heteroatoms. The average molecular weight is 354 g/mol. The van der Waals surface area contributed by atoms with Gasteiger partial charge in [0.1, 0.15) is 17.3 Å². The molecule has 0 atom stereocenters. The van der Waals surface area contributed by atoms with Gasteiger partial charge in [-0.05, 0) is 17.7 Å². The number of ether oxygens (including phenoxy) is 2. The number of carbonyl (C=O) groups is 1. The number of benzene rings is 2. The number of rotatable bonds is 7. The molecule has 0 saturated carbocycles. The molecule has 25 heavy (non-hydrogen) atoms. The number of aromatic nitrogens is 1. The first-order chi connectivity index (χ1) is 12.3. The van der Waals surface area contributed by atoms with Gasteiger partial charge in [-0.2, -0.15) is 0 Å². The predicted octanol–water partition coefficient (Wildman–Crippen LogP) is 3.66. The number of thiazole rings is 1. The lowest BCUT2D eigenvalue weighted by molar-refractivity contribution is 0.0946. The van der Waals surface area contributed by atoms with E-state index in [0.29, 0.717) is 23.7 Å². The molecule has 0 aliphatic carbocycles. The van der Waals surface area contributed by atoms with Gasteiger partial charge in [0.2, 0.25) is 0 Å². The van der Waals surface area contributed by atoms with Crippen molar-refractivity contribution in [1.29, 1.82) is 0 Å². The zero-order valence-electron chi connectivity index (χ0n) is 13.8. The second kappa shape index (κ2) is 8.30. The summed E-state index contributed by atoms with van der Waals surface area (Å²) in [7, 11) is 1.60. The van der Waals surface area contributed by atoms with Gasteiger partial charge in [-0.3, -0.25) is 4.79 Å². The fourth-order valence-electron chi connectivity index (χ4n) is 2.23. The first-order valence-corrected chi connectivity index (χ1v) is 8.66. The maximum Gasteiger partial charge on any atom is 0.271 e. The van der Waals surface area contributed by atoms with Crippen molar-refractivity contribution in [2.45, 2.75) is 13.2 Å². The molecule has 0 aliphatic rings.